The van der Waals surface area contributed by atoms with Crippen molar-refractivity contribution in [2.45, 2.75) is 18.1 Å². The van der Waals surface area contributed by atoms with Gasteiger partial charge in [-0.3, -0.25) is 4.90 Å². The van der Waals surface area contributed by atoms with Gasteiger partial charge in [0.15, 0.2) is 17.3 Å². The first kappa shape index (κ1) is 25.6. The zero-order valence-corrected chi connectivity index (χ0v) is 19.2. The number of para-hydroxylation sites is 1. The maximum atomic E-state index is 13.9. The molecule has 4 rings (SSSR count). The Bertz CT molecular complexity index is 1200. The summed E-state index contributed by atoms with van der Waals surface area (Å²) in [6, 6.07) is 10.2. The Morgan fingerprint density at radius 2 is 1.86 bits per heavy atom. The third-order valence-electron chi connectivity index (χ3n) is 5.95. The van der Waals surface area contributed by atoms with E-state index in [0.29, 0.717) is 37.5 Å². The molecular formula is C24H24F5N5O2. The van der Waals surface area contributed by atoms with Crippen molar-refractivity contribution in [2.24, 2.45) is 0 Å². The minimum absolute atomic E-state index is 0.343. The van der Waals surface area contributed by atoms with Crippen molar-refractivity contribution in [3.05, 3.63) is 77.6 Å². The van der Waals surface area contributed by atoms with Gasteiger partial charge < -0.3 is 15.4 Å². The average Bonchev–Trinajstić information content (AvgIpc) is 3.44. The van der Waals surface area contributed by atoms with E-state index in [0.717, 1.165) is 23.0 Å². The Balaban J connectivity index is 1.54. The van der Waals surface area contributed by atoms with Gasteiger partial charge >= 0.3 is 12.2 Å². The van der Waals surface area contributed by atoms with Gasteiger partial charge in [0.1, 0.15) is 0 Å². The number of hydrogen-bond donors (Lipinski definition) is 2. The number of alkyl halides is 3. The second-order valence-corrected chi connectivity index (χ2v) is 8.41. The van der Waals surface area contributed by atoms with Crippen molar-refractivity contribution >= 4 is 11.7 Å². The number of likely N-dealkylation sites (tertiary alicyclic amines) is 1. The van der Waals surface area contributed by atoms with Crippen molar-refractivity contribution in [1.82, 2.24) is 20.0 Å². The van der Waals surface area contributed by atoms with Crippen molar-refractivity contribution in [2.75, 3.05) is 38.7 Å². The molecule has 3 aromatic rings. The summed E-state index contributed by atoms with van der Waals surface area (Å²) < 4.78 is 74.3. The van der Waals surface area contributed by atoms with Crippen LogP contribution in [0.2, 0.25) is 0 Å². The summed E-state index contributed by atoms with van der Waals surface area (Å²) in [7, 11) is 1.54. The molecule has 0 bridgehead atoms. The van der Waals surface area contributed by atoms with Gasteiger partial charge in [0.25, 0.3) is 0 Å². The van der Waals surface area contributed by atoms with E-state index >= 15 is 0 Å². The first-order chi connectivity index (χ1) is 17.2. The number of rotatable bonds is 7. The number of carbonyl (C=O) groups excluding carboxylic acids is 1. The van der Waals surface area contributed by atoms with Crippen LogP contribution in [0, 0.1) is 11.6 Å². The van der Waals surface area contributed by atoms with Gasteiger partial charge in [0.2, 0.25) is 0 Å². The van der Waals surface area contributed by atoms with E-state index in [-0.39, 0.29) is 0 Å². The maximum absolute atomic E-state index is 13.9. The maximum Gasteiger partial charge on any atom is 0.437 e. The average molecular weight is 509 g/mol. The fraction of sp³-hybridized carbons (Fsp3) is 0.333. The molecule has 2 N–H and O–H groups in total. The van der Waals surface area contributed by atoms with Crippen LogP contribution < -0.4 is 10.6 Å². The zero-order chi connectivity index (χ0) is 25.9. The predicted molar refractivity (Wildman–Crippen MR) is 122 cm³/mol. The summed E-state index contributed by atoms with van der Waals surface area (Å²) in [5.41, 5.74) is -0.902. The molecule has 1 fully saturated rings. The quantitative estimate of drug-likeness (QED) is 0.463. The molecule has 0 aliphatic carbocycles. The Labute approximate surface area is 203 Å². The number of methoxy groups -OCH3 is 1. The van der Waals surface area contributed by atoms with E-state index in [1.54, 1.807) is 37.4 Å². The van der Waals surface area contributed by atoms with E-state index in [2.05, 4.69) is 15.7 Å². The molecule has 36 heavy (non-hydrogen) atoms. The third-order valence-corrected chi connectivity index (χ3v) is 5.95. The summed E-state index contributed by atoms with van der Waals surface area (Å²) >= 11 is 0. The highest BCUT2D eigenvalue weighted by molar-refractivity contribution is 5.90. The number of halogens is 5. The Morgan fingerprint density at radius 1 is 1.11 bits per heavy atom. The number of nitrogens with zero attached hydrogens (tertiary/aromatic N) is 3. The highest BCUT2D eigenvalue weighted by atomic mass is 19.4. The summed E-state index contributed by atoms with van der Waals surface area (Å²) in [6.45, 7) is 1.70. The van der Waals surface area contributed by atoms with Crippen LogP contribution in [0.3, 0.4) is 0 Å². The highest BCUT2D eigenvalue weighted by Gasteiger charge is 2.39. The first-order valence-corrected chi connectivity index (χ1v) is 11.1. The molecule has 2 aromatic carbocycles. The van der Waals surface area contributed by atoms with Gasteiger partial charge in [-0.15, -0.1) is 0 Å². The number of anilines is 1. The molecule has 2 atom stereocenters. The molecule has 2 amide bonds. The number of benzene rings is 2. The highest BCUT2D eigenvalue weighted by Crippen LogP contribution is 2.34. The molecule has 12 heteroatoms. The number of ether oxygens (including phenoxy) is 1. The molecule has 1 aromatic heterocycles. The van der Waals surface area contributed by atoms with Crippen LogP contribution in [-0.2, 0) is 10.9 Å². The lowest BCUT2D eigenvalue weighted by atomic mass is 9.94. The lowest BCUT2D eigenvalue weighted by Crippen LogP contribution is -2.42. The SMILES string of the molecule is COCCN1C[C@@H](NC(=O)Nc2cn(-c3ccccc3)nc2C(F)(F)F)[C@H](c2ccc(F)c(F)c2)C1. The van der Waals surface area contributed by atoms with E-state index in [9.17, 15) is 26.7 Å². The lowest BCUT2D eigenvalue weighted by molar-refractivity contribution is -0.140. The fourth-order valence-electron chi connectivity index (χ4n) is 4.23. The topological polar surface area (TPSA) is 71.4 Å². The molecular weight excluding hydrogens is 485 g/mol. The summed E-state index contributed by atoms with van der Waals surface area (Å²) in [4.78, 5) is 14.8. The Hall–Kier alpha value is -3.51. The van der Waals surface area contributed by atoms with E-state index in [1.165, 1.54) is 6.07 Å². The number of aromatic nitrogens is 2. The van der Waals surface area contributed by atoms with Crippen molar-refractivity contribution in [3.63, 3.8) is 0 Å². The van der Waals surface area contributed by atoms with Crippen LogP contribution in [0.15, 0.2) is 54.7 Å². The van der Waals surface area contributed by atoms with Gasteiger partial charge in [-0.1, -0.05) is 24.3 Å². The number of nitrogens with one attached hydrogen (secondary N) is 2. The molecule has 0 spiro atoms. The van der Waals surface area contributed by atoms with Gasteiger partial charge in [-0.2, -0.15) is 18.3 Å². The number of amides is 2. The molecule has 0 radical (unpaired) electrons. The monoisotopic (exact) mass is 509 g/mol. The fourth-order valence-corrected chi connectivity index (χ4v) is 4.23. The second kappa shape index (κ2) is 10.6. The normalized spacial score (nSPS) is 18.4. The molecule has 192 valence electrons. The van der Waals surface area contributed by atoms with E-state index in [1.807, 2.05) is 4.90 Å². The Morgan fingerprint density at radius 3 is 2.53 bits per heavy atom. The molecule has 2 heterocycles. The zero-order valence-electron chi connectivity index (χ0n) is 19.2. The molecule has 1 aliphatic heterocycles. The molecule has 7 nitrogen and oxygen atoms in total. The number of carbonyl (C=O) groups is 1. The predicted octanol–water partition coefficient (Wildman–Crippen LogP) is 4.41. The van der Waals surface area contributed by atoms with Crippen molar-refractivity contribution in [1.29, 1.82) is 0 Å². The lowest BCUT2D eigenvalue weighted by Gasteiger charge is -2.21. The molecule has 0 saturated carbocycles. The van der Waals surface area contributed by atoms with Gasteiger partial charge in [-0.25, -0.2) is 18.3 Å². The smallest absolute Gasteiger partial charge is 0.383 e. The first-order valence-electron chi connectivity index (χ1n) is 11.1. The minimum Gasteiger partial charge on any atom is -0.383 e. The van der Waals surface area contributed by atoms with E-state index in [4.69, 9.17) is 4.74 Å². The van der Waals surface area contributed by atoms with Gasteiger partial charge in [0, 0.05) is 32.7 Å². The summed E-state index contributed by atoms with van der Waals surface area (Å²) in [6.07, 6.45) is -3.72. The summed E-state index contributed by atoms with van der Waals surface area (Å²) in [5.74, 6) is -2.43. The van der Waals surface area contributed by atoms with E-state index < -0.39 is 47.2 Å². The van der Waals surface area contributed by atoms with Crippen LogP contribution in [0.1, 0.15) is 17.2 Å². The van der Waals surface area contributed by atoms with Gasteiger partial charge in [-0.05, 0) is 29.8 Å². The number of urea groups is 1. The third kappa shape index (κ3) is 5.82. The molecule has 0 unspecified atom stereocenters. The van der Waals surface area contributed by atoms with Crippen molar-refractivity contribution < 1.29 is 31.5 Å². The Kier molecular flexibility index (Phi) is 7.55. The van der Waals surface area contributed by atoms with Crippen LogP contribution >= 0.6 is 0 Å². The van der Waals surface area contributed by atoms with Crippen LogP contribution in [0.5, 0.6) is 0 Å². The van der Waals surface area contributed by atoms with Gasteiger partial charge in [0.05, 0.1) is 30.2 Å². The molecule has 1 aliphatic rings. The van der Waals surface area contributed by atoms with Crippen LogP contribution in [0.25, 0.3) is 5.69 Å². The second-order valence-electron chi connectivity index (χ2n) is 8.41. The van der Waals surface area contributed by atoms with Crippen LogP contribution in [-0.4, -0.2) is 60.1 Å². The minimum atomic E-state index is -4.80. The standard InChI is InChI=1S/C24H24F5N5O2/c1-36-10-9-33-12-17(15-7-8-18(25)19(26)11-15)20(13-33)30-23(35)31-21-14-34(16-5-3-2-4-6-16)32-22(21)24(27,28)29/h2-8,11,14,17,20H,9-10,12-13H2,1H3,(H2,30,31,35)/t17-,20+/m0/s1. The largest absolute Gasteiger partial charge is 0.437 e. The van der Waals surface area contributed by atoms with Crippen molar-refractivity contribution in [3.8, 4) is 5.69 Å². The number of hydrogen-bond acceptors (Lipinski definition) is 4. The summed E-state index contributed by atoms with van der Waals surface area (Å²) in [5, 5.41) is 8.56. The molecule has 1 saturated heterocycles. The van der Waals surface area contributed by atoms with Crippen LogP contribution in [0.4, 0.5) is 32.4 Å².